The molecular formula is C49H61NO17. The monoisotopic (exact) mass is 935 g/mol. The van der Waals surface area contributed by atoms with Gasteiger partial charge in [-0.3, -0.25) is 19.2 Å². The molecule has 3 N–H and O–H groups in total. The predicted octanol–water partition coefficient (Wildman–Crippen LogP) is 4.98. The van der Waals surface area contributed by atoms with E-state index in [4.69, 9.17) is 37.9 Å². The average molecular weight is 936 g/mol. The van der Waals surface area contributed by atoms with Crippen molar-refractivity contribution in [3.63, 3.8) is 0 Å². The highest BCUT2D eigenvalue weighted by molar-refractivity contribution is 5.94. The van der Waals surface area contributed by atoms with E-state index in [0.29, 0.717) is 0 Å². The Kier molecular flexibility index (Phi) is 14.5. The zero-order chi connectivity index (χ0) is 49.4. The van der Waals surface area contributed by atoms with E-state index in [1.165, 1.54) is 33.3 Å². The molecule has 3 aliphatic carbocycles. The van der Waals surface area contributed by atoms with Crippen molar-refractivity contribution < 1.29 is 81.7 Å². The molecule has 18 nitrogen and oxygen atoms in total. The van der Waals surface area contributed by atoms with Crippen molar-refractivity contribution in [2.75, 3.05) is 20.8 Å². The van der Waals surface area contributed by atoms with Gasteiger partial charge in [-0.1, -0.05) is 62.4 Å². The molecule has 0 aromatic heterocycles. The molecule has 1 saturated heterocycles. The van der Waals surface area contributed by atoms with Crippen molar-refractivity contribution in [2.45, 2.75) is 141 Å². The summed E-state index contributed by atoms with van der Waals surface area (Å²) in [7, 11) is 2.72. The molecule has 1 aliphatic heterocycles. The van der Waals surface area contributed by atoms with E-state index < -0.39 is 137 Å². The van der Waals surface area contributed by atoms with Gasteiger partial charge >= 0.3 is 35.9 Å². The standard InChI is InChI=1S/C49H61NO17/c1-26-30(63-43(57)38(64-34(54)22-21-33(52)53)36(28-17-13-11-14-18-28)50-44(58)67-45(3,4)5)24-49(59)41(65-42(56)29-19-15-12-16-20-29)39-47(8,40(55)37(61-10)35(26)46(49,6)7)31(60-9)23-32-48(39,25-62-32)66-27(2)51/h11-20,30-32,36-39,41,59H,21-25H2,1-10H3,(H,50,58)(H,52,53)/t30-,31-,32+,36-,37+,38+,39-,41-,47+,48-,49+/m0/s1. The van der Waals surface area contributed by atoms with Crippen LogP contribution >= 0.6 is 0 Å². The van der Waals surface area contributed by atoms with Gasteiger partial charge in [0.05, 0.1) is 42.4 Å². The summed E-state index contributed by atoms with van der Waals surface area (Å²) in [5, 5.41) is 25.9. The number of carbonyl (C=O) groups is 7. The number of ether oxygens (including phenoxy) is 8. The molecule has 11 atom stereocenters. The van der Waals surface area contributed by atoms with Gasteiger partial charge in [-0.05, 0) is 63.5 Å². The maximum Gasteiger partial charge on any atom is 0.408 e. The van der Waals surface area contributed by atoms with Gasteiger partial charge in [0.1, 0.15) is 41.7 Å². The van der Waals surface area contributed by atoms with Crippen molar-refractivity contribution in [3.05, 3.63) is 82.9 Å². The van der Waals surface area contributed by atoms with Gasteiger partial charge in [-0.2, -0.15) is 0 Å². The number of alkyl carbamates (subject to hydrolysis) is 1. The second-order valence-electron chi connectivity index (χ2n) is 19.4. The van der Waals surface area contributed by atoms with Gasteiger partial charge in [0.25, 0.3) is 0 Å². The smallest absolute Gasteiger partial charge is 0.408 e. The van der Waals surface area contributed by atoms with Crippen molar-refractivity contribution in [1.29, 1.82) is 0 Å². The number of carbonyl (C=O) groups excluding carboxylic acids is 6. The fourth-order valence-electron chi connectivity index (χ4n) is 10.6. The molecule has 67 heavy (non-hydrogen) atoms. The van der Waals surface area contributed by atoms with Crippen LogP contribution in [0.2, 0.25) is 0 Å². The van der Waals surface area contributed by atoms with Gasteiger partial charge in [0.2, 0.25) is 6.10 Å². The van der Waals surface area contributed by atoms with E-state index in [0.717, 1.165) is 0 Å². The molecule has 0 unspecified atom stereocenters. The van der Waals surface area contributed by atoms with Crippen LogP contribution < -0.4 is 5.32 Å². The molecule has 364 valence electrons. The summed E-state index contributed by atoms with van der Waals surface area (Å²) in [5.74, 6) is -7.26. The number of Topliss-reactive ketones (excluding diaryl/α,β-unsaturated/α-hetero) is 1. The van der Waals surface area contributed by atoms with Gasteiger partial charge in [0.15, 0.2) is 11.4 Å². The van der Waals surface area contributed by atoms with Crippen LogP contribution in [0.1, 0.15) is 103 Å². The molecule has 3 fully saturated rings. The minimum atomic E-state index is -2.33. The maximum absolute atomic E-state index is 15.7. The fourth-order valence-corrected chi connectivity index (χ4v) is 10.6. The van der Waals surface area contributed by atoms with Crippen LogP contribution in [-0.4, -0.2) is 126 Å². The lowest BCUT2D eigenvalue weighted by atomic mass is 9.44. The Morgan fingerprint density at radius 1 is 0.910 bits per heavy atom. The van der Waals surface area contributed by atoms with Crippen LogP contribution in [0, 0.1) is 16.7 Å². The van der Waals surface area contributed by atoms with Crippen LogP contribution in [0.25, 0.3) is 0 Å². The molecule has 2 aromatic carbocycles. The Hall–Kier alpha value is -5.69. The lowest BCUT2D eigenvalue weighted by Gasteiger charge is -2.67. The number of aliphatic hydroxyl groups is 1. The Labute approximate surface area is 388 Å². The molecule has 2 bridgehead atoms. The third-order valence-corrected chi connectivity index (χ3v) is 13.8. The summed E-state index contributed by atoms with van der Waals surface area (Å²) in [4.78, 5) is 96.5. The SMILES string of the molecule is CO[C@H]1C(=O)[C@]2(C)[C@@H](OC)C[C@H]3OC[C@@]3(OC(C)=O)[C@H]2[C@H](OC(=O)c2ccccc2)[C@]2(O)C[C@H](OC(=O)[C@H](OC(=O)CCC(=O)O)[C@@H](NC(=O)OC(C)(C)C)c3ccccc3)C(C)=C1C2(C)C. The number of amides is 1. The van der Waals surface area contributed by atoms with E-state index in [2.05, 4.69) is 5.32 Å². The van der Waals surface area contributed by atoms with Gasteiger partial charge in [0, 0.05) is 39.4 Å². The second-order valence-corrected chi connectivity index (χ2v) is 19.4. The van der Waals surface area contributed by atoms with Crippen molar-refractivity contribution in [3.8, 4) is 0 Å². The number of ketones is 1. The number of benzene rings is 2. The lowest BCUT2D eigenvalue weighted by molar-refractivity contribution is -0.347. The first-order valence-electron chi connectivity index (χ1n) is 22.1. The summed E-state index contributed by atoms with van der Waals surface area (Å²) in [6, 6.07) is 14.5. The maximum atomic E-state index is 15.7. The fraction of sp³-hybridized carbons (Fsp3) is 0.571. The number of aliphatic carboxylic acids is 1. The summed E-state index contributed by atoms with van der Waals surface area (Å²) < 4.78 is 48.4. The number of carboxylic acid groups (broad SMARTS) is 1. The normalized spacial score (nSPS) is 30.6. The second kappa shape index (κ2) is 19.1. The van der Waals surface area contributed by atoms with Crippen LogP contribution in [0.3, 0.4) is 0 Å². The number of hydrogen-bond donors (Lipinski definition) is 3. The average Bonchev–Trinajstić information content (AvgIpc) is 3.25. The number of carboxylic acids is 1. The van der Waals surface area contributed by atoms with E-state index in [-0.39, 0.29) is 35.3 Å². The zero-order valence-electron chi connectivity index (χ0n) is 39.4. The molecule has 0 radical (unpaired) electrons. The number of rotatable bonds is 14. The lowest BCUT2D eigenvalue weighted by Crippen LogP contribution is -2.82. The van der Waals surface area contributed by atoms with Crippen LogP contribution in [0.15, 0.2) is 71.8 Å². The highest BCUT2D eigenvalue weighted by atomic mass is 16.6. The Balaban J connectivity index is 1.56. The summed E-state index contributed by atoms with van der Waals surface area (Å²) >= 11 is 0. The summed E-state index contributed by atoms with van der Waals surface area (Å²) in [6.45, 7) is 12.3. The molecule has 2 saturated carbocycles. The topological polar surface area (TPSA) is 246 Å². The number of nitrogens with one attached hydrogen (secondary N) is 1. The van der Waals surface area contributed by atoms with E-state index in [9.17, 15) is 39.0 Å². The zero-order valence-corrected chi connectivity index (χ0v) is 39.4. The molecule has 1 amide bonds. The Morgan fingerprint density at radius 2 is 1.54 bits per heavy atom. The molecule has 18 heteroatoms. The third-order valence-electron chi connectivity index (χ3n) is 13.8. The minimum Gasteiger partial charge on any atom is -0.481 e. The largest absolute Gasteiger partial charge is 0.481 e. The highest BCUT2D eigenvalue weighted by Gasteiger charge is 2.78. The minimum absolute atomic E-state index is 0.0743. The molecular weight excluding hydrogens is 875 g/mol. The molecule has 2 aromatic rings. The van der Waals surface area contributed by atoms with E-state index >= 15 is 4.79 Å². The van der Waals surface area contributed by atoms with Crippen molar-refractivity contribution in [1.82, 2.24) is 5.32 Å². The van der Waals surface area contributed by atoms with Crippen molar-refractivity contribution in [2.24, 2.45) is 16.7 Å². The molecule has 1 heterocycles. The van der Waals surface area contributed by atoms with Gasteiger partial charge in [-0.15, -0.1) is 0 Å². The predicted molar refractivity (Wildman–Crippen MR) is 234 cm³/mol. The van der Waals surface area contributed by atoms with Crippen LogP contribution in [-0.2, 0) is 61.9 Å². The number of esters is 4. The molecule has 6 rings (SSSR count). The Morgan fingerprint density at radius 3 is 2.07 bits per heavy atom. The first-order valence-corrected chi connectivity index (χ1v) is 22.1. The molecule has 4 aliphatic rings. The molecule has 0 spiro atoms. The van der Waals surface area contributed by atoms with Crippen molar-refractivity contribution >= 4 is 41.7 Å². The highest BCUT2D eigenvalue weighted by Crippen LogP contribution is 2.65. The third kappa shape index (κ3) is 9.45. The van der Waals surface area contributed by atoms with Gasteiger partial charge < -0.3 is 53.4 Å². The summed E-state index contributed by atoms with van der Waals surface area (Å²) in [6.07, 6.45) is -11.3. The van der Waals surface area contributed by atoms with Crippen LogP contribution in [0.4, 0.5) is 4.79 Å². The first-order chi connectivity index (χ1) is 31.4. The number of hydrogen-bond acceptors (Lipinski definition) is 16. The van der Waals surface area contributed by atoms with E-state index in [1.54, 1.807) is 97.0 Å². The van der Waals surface area contributed by atoms with Gasteiger partial charge in [-0.25, -0.2) is 14.4 Å². The van der Waals surface area contributed by atoms with E-state index in [1.807, 2.05) is 0 Å². The number of fused-ring (bicyclic) bond motifs is 5. The number of methoxy groups -OCH3 is 2. The summed E-state index contributed by atoms with van der Waals surface area (Å²) in [5.41, 5.74) is -7.49. The Bertz CT molecular complexity index is 2270. The quantitative estimate of drug-likeness (QED) is 0.128. The van der Waals surface area contributed by atoms with Crippen LogP contribution in [0.5, 0.6) is 0 Å². The first kappa shape index (κ1) is 50.7.